The van der Waals surface area contributed by atoms with Crippen molar-refractivity contribution in [2.75, 3.05) is 0 Å². The Labute approximate surface area is 133 Å². The lowest BCUT2D eigenvalue weighted by atomic mass is 10.2. The second-order valence-electron chi connectivity index (χ2n) is 5.16. The molecule has 4 aromatic rings. The van der Waals surface area contributed by atoms with Crippen LogP contribution in [0.4, 0.5) is 0 Å². The minimum atomic E-state index is -0.496. The number of aryl methyl sites for hydroxylation is 1. The number of aromatic amines is 1. The second kappa shape index (κ2) is 4.79. The van der Waals surface area contributed by atoms with Gasteiger partial charge in [-0.15, -0.1) is 0 Å². The van der Waals surface area contributed by atoms with Crippen molar-refractivity contribution in [2.45, 2.75) is 0 Å². The van der Waals surface area contributed by atoms with Crippen molar-refractivity contribution in [2.24, 2.45) is 7.05 Å². The van der Waals surface area contributed by atoms with Crippen LogP contribution in [-0.4, -0.2) is 24.5 Å². The molecule has 0 aliphatic carbocycles. The van der Waals surface area contributed by atoms with Gasteiger partial charge in [0.25, 0.3) is 5.56 Å². The molecule has 1 aromatic carbocycles. The van der Waals surface area contributed by atoms with Crippen molar-refractivity contribution >= 4 is 33.5 Å². The zero-order chi connectivity index (χ0) is 16.1. The molecule has 0 fully saturated rings. The van der Waals surface area contributed by atoms with Crippen LogP contribution in [0.3, 0.4) is 0 Å². The highest BCUT2D eigenvalue weighted by atomic mass is 35.5. The monoisotopic (exact) mass is 327 g/mol. The Hall–Kier alpha value is -2.93. The highest BCUT2D eigenvalue weighted by molar-refractivity contribution is 6.34. The number of rotatable bonds is 1. The number of pyridine rings is 1. The fourth-order valence-electron chi connectivity index (χ4n) is 2.51. The summed E-state index contributed by atoms with van der Waals surface area (Å²) in [6.45, 7) is 0. The lowest BCUT2D eigenvalue weighted by Crippen LogP contribution is -2.23. The van der Waals surface area contributed by atoms with Crippen molar-refractivity contribution in [1.29, 1.82) is 0 Å². The van der Waals surface area contributed by atoms with Gasteiger partial charge in [0, 0.05) is 24.7 Å². The number of benzene rings is 1. The molecule has 4 rings (SSSR count). The molecule has 0 bridgehead atoms. The maximum Gasteiger partial charge on any atom is 0.292 e. The summed E-state index contributed by atoms with van der Waals surface area (Å²) in [5, 5.41) is 9.39. The smallest absolute Gasteiger partial charge is 0.292 e. The summed E-state index contributed by atoms with van der Waals surface area (Å²) >= 11 is 6.12. The molecule has 0 radical (unpaired) electrons. The zero-order valence-corrected chi connectivity index (χ0v) is 12.7. The van der Waals surface area contributed by atoms with Crippen LogP contribution in [-0.2, 0) is 7.05 Å². The fourth-order valence-corrected chi connectivity index (χ4v) is 2.74. The molecule has 0 atom stereocenters. The number of halogens is 1. The first kappa shape index (κ1) is 13.7. The molecule has 0 aliphatic rings. The average Bonchev–Trinajstić information content (AvgIpc) is 2.90. The van der Waals surface area contributed by atoms with Crippen molar-refractivity contribution in [3.05, 3.63) is 62.3 Å². The van der Waals surface area contributed by atoms with E-state index in [0.717, 1.165) is 10.9 Å². The average molecular weight is 328 g/mol. The molecule has 0 unspecified atom stereocenters. The van der Waals surface area contributed by atoms with Crippen LogP contribution in [0.2, 0.25) is 5.02 Å². The van der Waals surface area contributed by atoms with Gasteiger partial charge in [0.1, 0.15) is 10.5 Å². The first-order valence-electron chi connectivity index (χ1n) is 6.78. The van der Waals surface area contributed by atoms with Crippen LogP contribution >= 0.6 is 11.6 Å². The molecule has 1 N–H and O–H groups in total. The van der Waals surface area contributed by atoms with E-state index in [-0.39, 0.29) is 16.1 Å². The number of hydrogen-bond donors (Lipinski definition) is 1. The van der Waals surface area contributed by atoms with Gasteiger partial charge < -0.3 is 4.98 Å². The van der Waals surface area contributed by atoms with E-state index in [9.17, 15) is 9.59 Å². The first-order valence-corrected chi connectivity index (χ1v) is 7.16. The molecular weight excluding hydrogens is 318 g/mol. The summed E-state index contributed by atoms with van der Waals surface area (Å²) in [5.74, 6) is 0. The van der Waals surface area contributed by atoms with E-state index in [1.165, 1.54) is 16.8 Å². The Balaban J connectivity index is 2.03. The van der Waals surface area contributed by atoms with Gasteiger partial charge in [-0.2, -0.15) is 14.9 Å². The van der Waals surface area contributed by atoms with Crippen LogP contribution in [0, 0.1) is 0 Å². The summed E-state index contributed by atoms with van der Waals surface area (Å²) < 4.78 is 2.91. The number of aromatic nitrogens is 5. The van der Waals surface area contributed by atoms with Gasteiger partial charge in [-0.25, -0.2) is 0 Å². The van der Waals surface area contributed by atoms with Gasteiger partial charge in [-0.3, -0.25) is 14.3 Å². The molecule has 8 heteroatoms. The Bertz CT molecular complexity index is 1190. The number of nitrogens with one attached hydrogen (secondary N) is 1. The largest absolute Gasteiger partial charge is 0.319 e. The fraction of sp³-hybridized carbons (Fsp3) is 0.0667. The van der Waals surface area contributed by atoms with Gasteiger partial charge >= 0.3 is 0 Å². The summed E-state index contributed by atoms with van der Waals surface area (Å²) in [5.41, 5.74) is 1.23. The zero-order valence-electron chi connectivity index (χ0n) is 11.9. The number of H-pyrrole nitrogens is 1. The van der Waals surface area contributed by atoms with Crippen LogP contribution in [0.5, 0.6) is 0 Å². The summed E-state index contributed by atoms with van der Waals surface area (Å²) in [6, 6.07) is 8.23. The summed E-state index contributed by atoms with van der Waals surface area (Å²) in [6.07, 6.45) is 1.85. The van der Waals surface area contributed by atoms with Crippen LogP contribution < -0.4 is 11.1 Å². The normalized spacial score (nSPS) is 11.4. The van der Waals surface area contributed by atoms with Crippen molar-refractivity contribution in [1.82, 2.24) is 24.5 Å². The minimum Gasteiger partial charge on any atom is -0.319 e. The summed E-state index contributed by atoms with van der Waals surface area (Å²) in [4.78, 5) is 26.4. The minimum absolute atomic E-state index is 0.0704. The third-order valence-electron chi connectivity index (χ3n) is 3.55. The maximum absolute atomic E-state index is 12.5. The van der Waals surface area contributed by atoms with Gasteiger partial charge in [-0.1, -0.05) is 11.6 Å². The first-order chi connectivity index (χ1) is 11.0. The third-order valence-corrected chi connectivity index (χ3v) is 3.90. The summed E-state index contributed by atoms with van der Waals surface area (Å²) in [7, 11) is 1.83. The molecule has 23 heavy (non-hydrogen) atoms. The van der Waals surface area contributed by atoms with Crippen LogP contribution in [0.25, 0.3) is 27.6 Å². The Morgan fingerprint density at radius 2 is 1.87 bits per heavy atom. The predicted octanol–water partition coefficient (Wildman–Crippen LogP) is 1.61. The lowest BCUT2D eigenvalue weighted by Gasteiger charge is -2.07. The quantitative estimate of drug-likeness (QED) is 0.575. The SMILES string of the molecule is Cn1cc2cc(-n3nc4ccc(=O)[nH]c4c(Cl)c3=O)ccc2n1. The van der Waals surface area contributed by atoms with Crippen LogP contribution in [0.1, 0.15) is 0 Å². The molecule has 0 saturated heterocycles. The molecule has 114 valence electrons. The molecule has 0 spiro atoms. The second-order valence-corrected chi connectivity index (χ2v) is 5.54. The van der Waals surface area contributed by atoms with E-state index in [1.54, 1.807) is 10.7 Å². The van der Waals surface area contributed by atoms with E-state index >= 15 is 0 Å². The maximum atomic E-state index is 12.5. The lowest BCUT2D eigenvalue weighted by molar-refractivity contribution is 0.780. The molecular formula is C15H10ClN5O2. The topological polar surface area (TPSA) is 85.6 Å². The van der Waals surface area contributed by atoms with Gasteiger partial charge in [0.05, 0.1) is 16.7 Å². The Morgan fingerprint density at radius 3 is 2.70 bits per heavy atom. The molecule has 3 aromatic heterocycles. The van der Waals surface area contributed by atoms with E-state index in [2.05, 4.69) is 15.2 Å². The molecule has 3 heterocycles. The molecule has 0 amide bonds. The number of hydrogen-bond acceptors (Lipinski definition) is 4. The van der Waals surface area contributed by atoms with Gasteiger partial charge in [0.15, 0.2) is 0 Å². The van der Waals surface area contributed by atoms with E-state index in [0.29, 0.717) is 11.2 Å². The van der Waals surface area contributed by atoms with Crippen LogP contribution in [0.15, 0.2) is 46.1 Å². The van der Waals surface area contributed by atoms with Gasteiger partial charge in [-0.05, 0) is 24.3 Å². The predicted molar refractivity (Wildman–Crippen MR) is 87.2 cm³/mol. The van der Waals surface area contributed by atoms with E-state index in [4.69, 9.17) is 11.6 Å². The number of fused-ring (bicyclic) bond motifs is 2. The van der Waals surface area contributed by atoms with Crippen molar-refractivity contribution in [3.63, 3.8) is 0 Å². The van der Waals surface area contributed by atoms with E-state index < -0.39 is 5.56 Å². The standard InChI is InChI=1S/C15H10ClN5O2/c1-20-7-8-6-9(2-3-10(8)18-20)21-15(23)13(16)14-11(19-21)4-5-12(22)17-14/h2-7H,1H3,(H,17,22). The van der Waals surface area contributed by atoms with Gasteiger partial charge in [0.2, 0.25) is 5.56 Å². The van der Waals surface area contributed by atoms with Crippen molar-refractivity contribution in [3.8, 4) is 5.69 Å². The van der Waals surface area contributed by atoms with Crippen molar-refractivity contribution < 1.29 is 0 Å². The highest BCUT2D eigenvalue weighted by Gasteiger charge is 2.12. The Morgan fingerprint density at radius 1 is 1.09 bits per heavy atom. The third kappa shape index (κ3) is 2.13. The molecule has 0 aliphatic heterocycles. The highest BCUT2D eigenvalue weighted by Crippen LogP contribution is 2.18. The molecule has 0 saturated carbocycles. The molecule has 7 nitrogen and oxygen atoms in total. The Kier molecular flexibility index (Phi) is 2.85. The van der Waals surface area contributed by atoms with E-state index in [1.807, 2.05) is 25.4 Å². The number of nitrogens with zero attached hydrogens (tertiary/aromatic N) is 4.